The number of hydrogen-bond donors (Lipinski definition) is 0. The number of carbonyl (C=O) groups excluding carboxylic acids is 1. The van der Waals surface area contributed by atoms with Crippen LogP contribution in [0.5, 0.6) is 0 Å². The van der Waals surface area contributed by atoms with Crippen molar-refractivity contribution in [3.63, 3.8) is 0 Å². The third kappa shape index (κ3) is 3.93. The first kappa shape index (κ1) is 14.8. The second kappa shape index (κ2) is 7.25. The van der Waals surface area contributed by atoms with Crippen molar-refractivity contribution in [1.29, 1.82) is 5.26 Å². The van der Waals surface area contributed by atoms with Crippen LogP contribution in [0.4, 0.5) is 0 Å². The Hall–Kier alpha value is -2.60. The predicted molar refractivity (Wildman–Crippen MR) is 82.7 cm³/mol. The minimum absolute atomic E-state index is 0.0967. The molecule has 0 N–H and O–H groups in total. The molecule has 3 heteroatoms. The van der Waals surface area contributed by atoms with Crippen LogP contribution in [0, 0.1) is 11.3 Å². The molecular weight excluding hydrogens is 260 g/mol. The van der Waals surface area contributed by atoms with E-state index in [2.05, 4.69) is 6.07 Å². The van der Waals surface area contributed by atoms with Gasteiger partial charge in [0.2, 0.25) is 0 Å². The fraction of sp³-hybridized carbons (Fsp3) is 0.222. The molecule has 21 heavy (non-hydrogen) atoms. The van der Waals surface area contributed by atoms with Crippen molar-refractivity contribution in [3.05, 3.63) is 71.8 Å². The summed E-state index contributed by atoms with van der Waals surface area (Å²) in [5.74, 6) is -0.0967. The normalized spacial score (nSPS) is 11.4. The fourth-order valence-electron chi connectivity index (χ4n) is 2.18. The molecule has 0 fully saturated rings. The van der Waals surface area contributed by atoms with Crippen LogP contribution >= 0.6 is 0 Å². The van der Waals surface area contributed by atoms with Crippen LogP contribution in [0.15, 0.2) is 60.7 Å². The molecule has 0 aliphatic carbocycles. The molecule has 2 aromatic carbocycles. The van der Waals surface area contributed by atoms with E-state index >= 15 is 0 Å². The lowest BCUT2D eigenvalue weighted by molar-refractivity contribution is 0.0730. The van der Waals surface area contributed by atoms with E-state index in [1.165, 1.54) is 0 Å². The van der Waals surface area contributed by atoms with E-state index in [0.717, 1.165) is 12.0 Å². The first-order chi connectivity index (χ1) is 10.2. The van der Waals surface area contributed by atoms with Gasteiger partial charge in [0.1, 0.15) is 6.04 Å². The van der Waals surface area contributed by atoms with Crippen LogP contribution in [0.2, 0.25) is 0 Å². The van der Waals surface area contributed by atoms with Crippen LogP contribution in [0.1, 0.15) is 22.8 Å². The van der Waals surface area contributed by atoms with Gasteiger partial charge >= 0.3 is 0 Å². The molecule has 3 nitrogen and oxygen atoms in total. The van der Waals surface area contributed by atoms with Gasteiger partial charge in [0.15, 0.2) is 0 Å². The number of rotatable bonds is 5. The Labute approximate surface area is 125 Å². The van der Waals surface area contributed by atoms with Gasteiger partial charge in [0.25, 0.3) is 5.91 Å². The van der Waals surface area contributed by atoms with Crippen LogP contribution in [0.25, 0.3) is 0 Å². The van der Waals surface area contributed by atoms with Crippen molar-refractivity contribution < 1.29 is 4.79 Å². The molecule has 0 radical (unpaired) electrons. The Bertz CT molecular complexity index is 617. The molecule has 106 valence electrons. The molecule has 0 heterocycles. The first-order valence-corrected chi connectivity index (χ1v) is 7.02. The van der Waals surface area contributed by atoms with Crippen molar-refractivity contribution in [2.75, 3.05) is 6.54 Å². The van der Waals surface area contributed by atoms with Gasteiger partial charge in [0.05, 0.1) is 6.07 Å². The van der Waals surface area contributed by atoms with Crippen molar-refractivity contribution in [1.82, 2.24) is 4.90 Å². The topological polar surface area (TPSA) is 44.1 Å². The number of carbonyl (C=O) groups is 1. The zero-order chi connectivity index (χ0) is 15.1. The molecule has 1 atom stereocenters. The Morgan fingerprint density at radius 2 is 1.67 bits per heavy atom. The maximum Gasteiger partial charge on any atom is 0.254 e. The maximum atomic E-state index is 12.5. The largest absolute Gasteiger partial charge is 0.323 e. The van der Waals surface area contributed by atoms with Gasteiger partial charge in [-0.15, -0.1) is 0 Å². The summed E-state index contributed by atoms with van der Waals surface area (Å²) in [6, 6.07) is 20.8. The van der Waals surface area contributed by atoms with Gasteiger partial charge < -0.3 is 4.90 Å². The molecule has 0 aliphatic rings. The summed E-state index contributed by atoms with van der Waals surface area (Å²) in [5, 5.41) is 9.15. The summed E-state index contributed by atoms with van der Waals surface area (Å²) in [5.41, 5.74) is 1.78. The molecule has 2 rings (SSSR count). The number of nitrogens with zero attached hydrogens (tertiary/aromatic N) is 2. The smallest absolute Gasteiger partial charge is 0.254 e. The number of hydrogen-bond acceptors (Lipinski definition) is 2. The van der Waals surface area contributed by atoms with Crippen molar-refractivity contribution in [2.45, 2.75) is 19.4 Å². The van der Waals surface area contributed by atoms with Crippen LogP contribution in [-0.4, -0.2) is 23.4 Å². The highest BCUT2D eigenvalue weighted by Gasteiger charge is 2.20. The second-order valence-electron chi connectivity index (χ2n) is 4.91. The average Bonchev–Trinajstić information content (AvgIpc) is 2.56. The summed E-state index contributed by atoms with van der Waals surface area (Å²) in [4.78, 5) is 14.2. The molecule has 1 amide bonds. The fourth-order valence-corrected chi connectivity index (χ4v) is 2.18. The molecule has 0 spiro atoms. The number of benzene rings is 2. The Balaban J connectivity index is 2.12. The molecule has 0 unspecified atom stereocenters. The highest BCUT2D eigenvalue weighted by Crippen LogP contribution is 2.10. The zero-order valence-electron chi connectivity index (χ0n) is 12.1. The molecule has 0 bridgehead atoms. The Kier molecular flexibility index (Phi) is 5.11. The zero-order valence-corrected chi connectivity index (χ0v) is 12.1. The maximum absolute atomic E-state index is 12.5. The van der Waals surface area contributed by atoms with Gasteiger partial charge in [-0.3, -0.25) is 4.79 Å². The van der Waals surface area contributed by atoms with Crippen LogP contribution in [-0.2, 0) is 6.42 Å². The van der Waals surface area contributed by atoms with E-state index in [1.54, 1.807) is 24.0 Å². The Morgan fingerprint density at radius 1 is 1.10 bits per heavy atom. The molecule has 2 aromatic rings. The van der Waals surface area contributed by atoms with E-state index in [-0.39, 0.29) is 5.91 Å². The van der Waals surface area contributed by atoms with E-state index in [0.29, 0.717) is 12.1 Å². The SMILES string of the molecule is C[C@H](C#N)N(CCc1ccccc1)C(=O)c1ccccc1. The van der Waals surface area contributed by atoms with E-state index in [1.807, 2.05) is 48.5 Å². The molecular formula is C18H18N2O. The Morgan fingerprint density at radius 3 is 2.24 bits per heavy atom. The van der Waals surface area contributed by atoms with Crippen molar-refractivity contribution >= 4 is 5.91 Å². The highest BCUT2D eigenvalue weighted by atomic mass is 16.2. The van der Waals surface area contributed by atoms with Crippen LogP contribution < -0.4 is 0 Å². The minimum atomic E-state index is -0.443. The molecule has 0 saturated heterocycles. The summed E-state index contributed by atoms with van der Waals surface area (Å²) in [7, 11) is 0. The average molecular weight is 278 g/mol. The van der Waals surface area contributed by atoms with Gasteiger partial charge in [-0.1, -0.05) is 48.5 Å². The second-order valence-corrected chi connectivity index (χ2v) is 4.91. The molecule has 0 aromatic heterocycles. The number of nitriles is 1. The molecule has 0 aliphatic heterocycles. The third-order valence-corrected chi connectivity index (χ3v) is 3.42. The lowest BCUT2D eigenvalue weighted by Crippen LogP contribution is -2.39. The van der Waals surface area contributed by atoms with Crippen molar-refractivity contribution in [2.24, 2.45) is 0 Å². The molecule has 0 saturated carbocycles. The van der Waals surface area contributed by atoms with Gasteiger partial charge in [-0.2, -0.15) is 5.26 Å². The monoisotopic (exact) mass is 278 g/mol. The summed E-state index contributed by atoms with van der Waals surface area (Å²) in [6.45, 7) is 2.29. The van der Waals surface area contributed by atoms with Crippen molar-refractivity contribution in [3.8, 4) is 6.07 Å². The lowest BCUT2D eigenvalue weighted by atomic mass is 10.1. The van der Waals surface area contributed by atoms with Gasteiger partial charge in [-0.05, 0) is 31.0 Å². The van der Waals surface area contributed by atoms with E-state index < -0.39 is 6.04 Å². The quantitative estimate of drug-likeness (QED) is 0.842. The standard InChI is InChI=1S/C18H18N2O/c1-15(14-19)20(13-12-16-8-4-2-5-9-16)18(21)17-10-6-3-7-11-17/h2-11,15H,12-13H2,1H3/t15-/m1/s1. The summed E-state index contributed by atoms with van der Waals surface area (Å²) >= 11 is 0. The van der Waals surface area contributed by atoms with E-state index in [4.69, 9.17) is 5.26 Å². The highest BCUT2D eigenvalue weighted by molar-refractivity contribution is 5.94. The van der Waals surface area contributed by atoms with Crippen LogP contribution in [0.3, 0.4) is 0 Å². The number of amides is 1. The summed E-state index contributed by atoms with van der Waals surface area (Å²) in [6.07, 6.45) is 0.742. The minimum Gasteiger partial charge on any atom is -0.323 e. The lowest BCUT2D eigenvalue weighted by Gasteiger charge is -2.25. The summed E-state index contributed by atoms with van der Waals surface area (Å²) < 4.78 is 0. The van der Waals surface area contributed by atoms with Gasteiger partial charge in [-0.25, -0.2) is 0 Å². The third-order valence-electron chi connectivity index (χ3n) is 3.42. The predicted octanol–water partition coefficient (Wildman–Crippen LogP) is 3.28. The van der Waals surface area contributed by atoms with Gasteiger partial charge in [0, 0.05) is 12.1 Å². The van der Waals surface area contributed by atoms with E-state index in [9.17, 15) is 4.79 Å². The first-order valence-electron chi connectivity index (χ1n) is 7.02.